The van der Waals surface area contributed by atoms with Gasteiger partial charge < -0.3 is 5.32 Å². The Labute approximate surface area is 256 Å². The molecule has 4 aliphatic rings. The van der Waals surface area contributed by atoms with Gasteiger partial charge in [-0.05, 0) is 75.6 Å². The van der Waals surface area contributed by atoms with Crippen molar-refractivity contribution in [3.05, 3.63) is 98.0 Å². The number of benzene rings is 3. The zero-order valence-corrected chi connectivity index (χ0v) is 25.5. The number of imide groups is 1. The molecule has 7 rings (SSSR count). The molecule has 3 aromatic carbocycles. The summed E-state index contributed by atoms with van der Waals surface area (Å²) in [5, 5.41) is 3.43. The number of nitrogens with one attached hydrogen (secondary N) is 1. The Bertz CT molecular complexity index is 1450. The van der Waals surface area contributed by atoms with Gasteiger partial charge in [0.05, 0.1) is 16.9 Å². The summed E-state index contributed by atoms with van der Waals surface area (Å²) < 4.78 is 0.774. The molecule has 3 amide bonds. The number of halogens is 4. The Hall–Kier alpha value is -2.38. The average molecular weight is 661 g/mol. The van der Waals surface area contributed by atoms with E-state index in [1.807, 2.05) is 61.5 Å². The normalized spacial score (nSPS) is 26.0. The molecule has 0 aromatic heterocycles. The van der Waals surface area contributed by atoms with Crippen LogP contribution in [0.4, 0.5) is 5.69 Å². The standard InChI is InChI=1S/C31H26BrCl3N2O3/c1-17-15-22(32)23(33)16-24(17)36-25(38)13-3-2-8-14-37-28(39)26-27(29(37)40)31(35)19-10-5-4-9-18(19)30(26,34)20-11-6-7-12-21(20)31/h4-7,9-12,15-16,26-27H,2-3,8,13-14H2,1H3,(H,36,38)/t26-,27-,30?,31?/m0/s1. The van der Waals surface area contributed by atoms with Gasteiger partial charge in [0.2, 0.25) is 17.7 Å². The Morgan fingerprint density at radius 2 is 1.38 bits per heavy atom. The van der Waals surface area contributed by atoms with Crippen LogP contribution in [-0.2, 0) is 24.1 Å². The van der Waals surface area contributed by atoms with Gasteiger partial charge in [0, 0.05) is 23.1 Å². The van der Waals surface area contributed by atoms with Crippen LogP contribution in [0.2, 0.25) is 5.02 Å². The predicted molar refractivity (Wildman–Crippen MR) is 161 cm³/mol. The van der Waals surface area contributed by atoms with Crippen LogP contribution in [0.1, 0.15) is 53.5 Å². The third-order valence-electron chi connectivity index (χ3n) is 8.50. The molecule has 40 heavy (non-hydrogen) atoms. The summed E-state index contributed by atoms with van der Waals surface area (Å²) >= 11 is 24.4. The first-order chi connectivity index (χ1) is 19.1. The van der Waals surface area contributed by atoms with Crippen LogP contribution in [-0.4, -0.2) is 29.2 Å². The van der Waals surface area contributed by atoms with E-state index in [1.54, 1.807) is 6.07 Å². The first kappa shape index (κ1) is 27.8. The number of anilines is 1. The van der Waals surface area contributed by atoms with Gasteiger partial charge in [-0.2, -0.15) is 0 Å². The van der Waals surface area contributed by atoms with E-state index in [1.165, 1.54) is 4.90 Å². The summed E-state index contributed by atoms with van der Waals surface area (Å²) in [5.41, 5.74) is 4.76. The van der Waals surface area contributed by atoms with Crippen molar-refractivity contribution in [1.82, 2.24) is 4.90 Å². The van der Waals surface area contributed by atoms with E-state index in [4.69, 9.17) is 34.8 Å². The van der Waals surface area contributed by atoms with Gasteiger partial charge in [0.15, 0.2) is 0 Å². The highest BCUT2D eigenvalue weighted by atomic mass is 79.9. The van der Waals surface area contributed by atoms with Crippen LogP contribution >= 0.6 is 50.7 Å². The van der Waals surface area contributed by atoms with Crippen LogP contribution in [0.15, 0.2) is 65.1 Å². The molecule has 0 saturated carbocycles. The number of carbonyl (C=O) groups excluding carboxylic acids is 3. The molecule has 3 aliphatic carbocycles. The van der Waals surface area contributed by atoms with Crippen molar-refractivity contribution in [2.75, 3.05) is 11.9 Å². The Morgan fingerprint density at radius 3 is 1.88 bits per heavy atom. The molecule has 1 N–H and O–H groups in total. The van der Waals surface area contributed by atoms with Gasteiger partial charge in [-0.3, -0.25) is 19.3 Å². The van der Waals surface area contributed by atoms with Crippen LogP contribution in [0.5, 0.6) is 0 Å². The molecule has 1 aliphatic heterocycles. The number of aryl methyl sites for hydroxylation is 1. The van der Waals surface area contributed by atoms with Crippen LogP contribution in [0.25, 0.3) is 0 Å². The lowest BCUT2D eigenvalue weighted by Crippen LogP contribution is -2.57. The van der Waals surface area contributed by atoms with Crippen LogP contribution < -0.4 is 5.32 Å². The molecule has 5 nitrogen and oxygen atoms in total. The second-order valence-corrected chi connectivity index (χ2v) is 13.2. The molecular weight excluding hydrogens is 635 g/mol. The lowest BCUT2D eigenvalue weighted by atomic mass is 9.54. The topological polar surface area (TPSA) is 66.5 Å². The fourth-order valence-electron chi connectivity index (χ4n) is 6.67. The summed E-state index contributed by atoms with van der Waals surface area (Å²) in [7, 11) is 0. The number of carbonyl (C=O) groups is 3. The number of alkyl halides is 2. The zero-order chi connectivity index (χ0) is 28.4. The second kappa shape index (κ2) is 10.2. The van der Waals surface area contributed by atoms with Crippen molar-refractivity contribution < 1.29 is 14.4 Å². The quantitative estimate of drug-likeness (QED) is 0.162. The molecule has 206 valence electrons. The first-order valence-corrected chi connectivity index (χ1v) is 15.2. The number of rotatable bonds is 7. The number of nitrogens with zero attached hydrogens (tertiary/aromatic N) is 1. The van der Waals surface area contributed by atoms with Crippen LogP contribution in [0.3, 0.4) is 0 Å². The molecule has 9 heteroatoms. The third kappa shape index (κ3) is 3.98. The highest BCUT2D eigenvalue weighted by molar-refractivity contribution is 9.10. The van der Waals surface area contributed by atoms with Gasteiger partial charge in [-0.1, -0.05) is 66.6 Å². The second-order valence-electron chi connectivity index (χ2n) is 10.7. The Balaban J connectivity index is 1.14. The number of likely N-dealkylation sites (tertiary alicyclic amines) is 1. The van der Waals surface area contributed by atoms with Crippen molar-refractivity contribution in [2.24, 2.45) is 11.8 Å². The minimum atomic E-state index is -1.16. The summed E-state index contributed by atoms with van der Waals surface area (Å²) in [6.45, 7) is 2.16. The van der Waals surface area contributed by atoms with E-state index < -0.39 is 21.6 Å². The fourth-order valence-corrected chi connectivity index (χ4v) is 8.39. The molecule has 0 unspecified atom stereocenters. The van der Waals surface area contributed by atoms with Gasteiger partial charge in [0.25, 0.3) is 0 Å². The van der Waals surface area contributed by atoms with Gasteiger partial charge >= 0.3 is 0 Å². The van der Waals surface area contributed by atoms with Crippen molar-refractivity contribution >= 4 is 74.1 Å². The lowest BCUT2D eigenvalue weighted by Gasteiger charge is -2.54. The first-order valence-electron chi connectivity index (χ1n) is 13.3. The third-order valence-corrected chi connectivity index (χ3v) is 11.0. The smallest absolute Gasteiger partial charge is 0.235 e. The predicted octanol–water partition coefficient (Wildman–Crippen LogP) is 7.50. The van der Waals surface area contributed by atoms with Crippen LogP contribution in [0, 0.1) is 18.8 Å². The number of hydrogen-bond donors (Lipinski definition) is 1. The van der Waals surface area contributed by atoms with E-state index in [9.17, 15) is 14.4 Å². The summed E-state index contributed by atoms with van der Waals surface area (Å²) in [5.74, 6) is -2.23. The SMILES string of the molecule is Cc1cc(Br)c(Cl)cc1NC(=O)CCCCCN1C(=O)[C@@H]2[C@@H](C1=O)C1(Cl)c3ccccc3C2(Cl)c2ccccc21. The highest BCUT2D eigenvalue weighted by Gasteiger charge is 2.72. The van der Waals surface area contributed by atoms with E-state index in [0.717, 1.165) is 32.3 Å². The summed E-state index contributed by atoms with van der Waals surface area (Å²) in [6, 6.07) is 18.8. The minimum Gasteiger partial charge on any atom is -0.326 e. The minimum absolute atomic E-state index is 0.110. The van der Waals surface area contributed by atoms with Gasteiger partial charge in [0.1, 0.15) is 9.75 Å². The van der Waals surface area contributed by atoms with E-state index in [-0.39, 0.29) is 24.3 Å². The Kier molecular flexibility index (Phi) is 7.06. The van der Waals surface area contributed by atoms with Crippen molar-refractivity contribution in [2.45, 2.75) is 42.4 Å². The van der Waals surface area contributed by atoms with Crippen molar-refractivity contribution in [3.63, 3.8) is 0 Å². The molecule has 2 atom stereocenters. The molecule has 3 aromatic rings. The maximum absolute atomic E-state index is 13.8. The number of unbranched alkanes of at least 4 members (excludes halogenated alkanes) is 2. The van der Waals surface area contributed by atoms with E-state index >= 15 is 0 Å². The molecule has 1 fully saturated rings. The highest BCUT2D eigenvalue weighted by Crippen LogP contribution is 2.69. The van der Waals surface area contributed by atoms with Gasteiger partial charge in [-0.15, -0.1) is 23.2 Å². The van der Waals surface area contributed by atoms with Crippen molar-refractivity contribution in [3.8, 4) is 0 Å². The van der Waals surface area contributed by atoms with Gasteiger partial charge in [-0.25, -0.2) is 0 Å². The lowest BCUT2D eigenvalue weighted by molar-refractivity contribution is -0.140. The van der Waals surface area contributed by atoms with E-state index in [2.05, 4.69) is 21.2 Å². The number of amides is 3. The zero-order valence-electron chi connectivity index (χ0n) is 21.6. The molecule has 0 radical (unpaired) electrons. The molecule has 1 saturated heterocycles. The largest absolute Gasteiger partial charge is 0.326 e. The monoisotopic (exact) mass is 658 g/mol. The number of hydrogen-bond acceptors (Lipinski definition) is 3. The maximum atomic E-state index is 13.8. The molecule has 1 heterocycles. The summed E-state index contributed by atoms with van der Waals surface area (Å²) in [4.78, 5) is 39.2. The fraction of sp³-hybridized carbons (Fsp3) is 0.323. The maximum Gasteiger partial charge on any atom is 0.235 e. The molecular formula is C31H26BrCl3N2O3. The summed E-state index contributed by atoms with van der Waals surface area (Å²) in [6.07, 6.45) is 2.20. The molecule has 2 bridgehead atoms. The van der Waals surface area contributed by atoms with Crippen molar-refractivity contribution in [1.29, 1.82) is 0 Å². The molecule has 0 spiro atoms. The Morgan fingerprint density at radius 1 is 0.875 bits per heavy atom. The van der Waals surface area contributed by atoms with E-state index in [0.29, 0.717) is 36.4 Å². The average Bonchev–Trinajstić information content (AvgIpc) is 3.20.